The van der Waals surface area contributed by atoms with Gasteiger partial charge in [0.2, 0.25) is 0 Å². The van der Waals surface area contributed by atoms with Gasteiger partial charge in [-0.2, -0.15) is 5.26 Å². The van der Waals surface area contributed by atoms with Crippen molar-refractivity contribution in [1.82, 2.24) is 4.90 Å². The largest absolute Gasteiger partial charge is 0.486 e. The maximum absolute atomic E-state index is 9.47. The smallest absolute Gasteiger partial charge is 0.161 e. The van der Waals surface area contributed by atoms with Crippen molar-refractivity contribution in [2.24, 2.45) is 0 Å². The molecule has 0 aliphatic carbocycles. The van der Waals surface area contributed by atoms with E-state index in [9.17, 15) is 5.26 Å². The van der Waals surface area contributed by atoms with E-state index in [0.29, 0.717) is 13.2 Å². The molecule has 19 heavy (non-hydrogen) atoms. The maximum Gasteiger partial charge on any atom is 0.161 e. The summed E-state index contributed by atoms with van der Waals surface area (Å²) in [6.07, 6.45) is 3.64. The summed E-state index contributed by atoms with van der Waals surface area (Å²) >= 11 is 0. The number of nitriles is 1. The molecule has 2 aliphatic heterocycles. The van der Waals surface area contributed by atoms with E-state index in [1.165, 1.54) is 19.3 Å². The van der Waals surface area contributed by atoms with Gasteiger partial charge >= 0.3 is 0 Å². The Bertz CT molecular complexity index is 489. The molecule has 1 aromatic carbocycles. The Labute approximate surface area is 113 Å². The second kappa shape index (κ2) is 5.50. The lowest BCUT2D eigenvalue weighted by Gasteiger charge is -2.31. The molecule has 0 saturated carbocycles. The van der Waals surface area contributed by atoms with Crippen molar-refractivity contribution < 1.29 is 9.47 Å². The molecule has 0 bridgehead atoms. The third-order valence-electron chi connectivity index (χ3n) is 3.76. The number of nitrogens with zero attached hydrogens (tertiary/aromatic N) is 2. The van der Waals surface area contributed by atoms with E-state index in [1.807, 2.05) is 18.2 Å². The molecule has 4 heteroatoms. The van der Waals surface area contributed by atoms with E-state index >= 15 is 0 Å². The summed E-state index contributed by atoms with van der Waals surface area (Å²) in [6, 6.07) is 8.11. The summed E-state index contributed by atoms with van der Waals surface area (Å²) in [5.41, 5.74) is 1.01. The Balaban J connectivity index is 1.84. The number of benzene rings is 1. The van der Waals surface area contributed by atoms with E-state index < -0.39 is 0 Å². The normalized spacial score (nSPS) is 20.6. The summed E-state index contributed by atoms with van der Waals surface area (Å²) in [5.74, 6) is 1.55. The lowest BCUT2D eigenvalue weighted by molar-refractivity contribution is 0.169. The van der Waals surface area contributed by atoms with Crippen LogP contribution in [0.2, 0.25) is 0 Å². The first-order valence-electron chi connectivity index (χ1n) is 6.92. The minimum atomic E-state index is -0.170. The fourth-order valence-electron chi connectivity index (χ4n) is 2.77. The molecule has 1 atom stereocenters. The summed E-state index contributed by atoms with van der Waals surface area (Å²) in [6.45, 7) is 3.19. The van der Waals surface area contributed by atoms with Crippen molar-refractivity contribution in [2.75, 3.05) is 26.3 Å². The molecule has 1 fully saturated rings. The van der Waals surface area contributed by atoms with Crippen molar-refractivity contribution in [1.29, 1.82) is 5.26 Å². The van der Waals surface area contributed by atoms with Crippen LogP contribution in [0.5, 0.6) is 11.5 Å². The highest BCUT2D eigenvalue weighted by Gasteiger charge is 2.23. The van der Waals surface area contributed by atoms with Crippen LogP contribution in [0.1, 0.15) is 30.9 Å². The molecular formula is C15H18N2O2. The molecule has 2 heterocycles. The van der Waals surface area contributed by atoms with Crippen LogP contribution in [0.15, 0.2) is 18.2 Å². The van der Waals surface area contributed by atoms with Gasteiger partial charge < -0.3 is 9.47 Å². The van der Waals surface area contributed by atoms with Gasteiger partial charge in [-0.3, -0.25) is 4.90 Å². The highest BCUT2D eigenvalue weighted by atomic mass is 16.6. The highest BCUT2D eigenvalue weighted by molar-refractivity contribution is 5.45. The van der Waals surface area contributed by atoms with Crippen LogP contribution < -0.4 is 9.47 Å². The van der Waals surface area contributed by atoms with E-state index in [-0.39, 0.29) is 6.04 Å². The van der Waals surface area contributed by atoms with Gasteiger partial charge in [-0.25, -0.2) is 0 Å². The number of likely N-dealkylation sites (tertiary alicyclic amines) is 1. The third-order valence-corrected chi connectivity index (χ3v) is 3.76. The predicted octanol–water partition coefficient (Wildman–Crippen LogP) is 2.51. The van der Waals surface area contributed by atoms with Gasteiger partial charge in [-0.05, 0) is 43.6 Å². The first kappa shape index (κ1) is 12.3. The zero-order chi connectivity index (χ0) is 13.1. The molecule has 1 unspecified atom stereocenters. The van der Waals surface area contributed by atoms with Crippen LogP contribution in [-0.2, 0) is 0 Å². The molecule has 1 aromatic rings. The Hall–Kier alpha value is -1.73. The monoisotopic (exact) mass is 258 g/mol. The average Bonchev–Trinajstić information content (AvgIpc) is 2.49. The molecule has 0 N–H and O–H groups in total. The van der Waals surface area contributed by atoms with Crippen molar-refractivity contribution in [3.8, 4) is 17.6 Å². The number of hydrogen-bond acceptors (Lipinski definition) is 4. The fourth-order valence-corrected chi connectivity index (χ4v) is 2.77. The van der Waals surface area contributed by atoms with Gasteiger partial charge in [0.25, 0.3) is 0 Å². The number of fused-ring (bicyclic) bond motifs is 1. The van der Waals surface area contributed by atoms with E-state index in [2.05, 4.69) is 11.0 Å². The molecule has 100 valence electrons. The average molecular weight is 258 g/mol. The first-order valence-corrected chi connectivity index (χ1v) is 6.92. The van der Waals surface area contributed by atoms with Crippen LogP contribution >= 0.6 is 0 Å². The molecule has 0 amide bonds. The number of ether oxygens (including phenoxy) is 2. The van der Waals surface area contributed by atoms with Crippen molar-refractivity contribution in [3.63, 3.8) is 0 Å². The van der Waals surface area contributed by atoms with Gasteiger partial charge in [0.15, 0.2) is 11.5 Å². The van der Waals surface area contributed by atoms with Crippen molar-refractivity contribution in [3.05, 3.63) is 23.8 Å². The van der Waals surface area contributed by atoms with E-state index in [1.54, 1.807) is 0 Å². The van der Waals surface area contributed by atoms with Crippen LogP contribution in [0.25, 0.3) is 0 Å². The third kappa shape index (κ3) is 2.52. The minimum absolute atomic E-state index is 0.170. The Morgan fingerprint density at radius 3 is 2.53 bits per heavy atom. The van der Waals surface area contributed by atoms with Gasteiger partial charge in [-0.15, -0.1) is 0 Å². The lowest BCUT2D eigenvalue weighted by Crippen LogP contribution is -2.33. The lowest BCUT2D eigenvalue weighted by atomic mass is 10.0. The van der Waals surface area contributed by atoms with E-state index in [4.69, 9.17) is 9.47 Å². The maximum atomic E-state index is 9.47. The fraction of sp³-hybridized carbons (Fsp3) is 0.533. The quantitative estimate of drug-likeness (QED) is 0.817. The summed E-state index contributed by atoms with van der Waals surface area (Å²) < 4.78 is 11.1. The van der Waals surface area contributed by atoms with Crippen LogP contribution in [0.4, 0.5) is 0 Å². The van der Waals surface area contributed by atoms with Crippen molar-refractivity contribution >= 4 is 0 Å². The van der Waals surface area contributed by atoms with E-state index in [0.717, 1.165) is 30.2 Å². The van der Waals surface area contributed by atoms with Crippen molar-refractivity contribution in [2.45, 2.75) is 25.3 Å². The number of rotatable bonds is 2. The molecule has 4 nitrogen and oxygen atoms in total. The summed E-state index contributed by atoms with van der Waals surface area (Å²) in [5, 5.41) is 9.47. The second-order valence-corrected chi connectivity index (χ2v) is 5.03. The zero-order valence-corrected chi connectivity index (χ0v) is 11.0. The molecule has 1 saturated heterocycles. The van der Waals surface area contributed by atoms with Gasteiger partial charge in [-0.1, -0.05) is 12.5 Å². The van der Waals surface area contributed by atoms with Crippen LogP contribution in [0.3, 0.4) is 0 Å². The molecule has 3 rings (SSSR count). The zero-order valence-electron chi connectivity index (χ0n) is 11.0. The molecule has 2 aliphatic rings. The molecule has 0 radical (unpaired) electrons. The second-order valence-electron chi connectivity index (χ2n) is 5.03. The minimum Gasteiger partial charge on any atom is -0.486 e. The molecular weight excluding hydrogens is 240 g/mol. The SMILES string of the molecule is N#CC(c1ccc2c(c1)OCCO2)N1CCCCC1. The molecule has 0 aromatic heterocycles. The standard InChI is InChI=1S/C15H18N2O2/c16-11-13(17-6-2-1-3-7-17)12-4-5-14-15(10-12)19-9-8-18-14/h4-5,10,13H,1-3,6-9H2. The highest BCUT2D eigenvalue weighted by Crippen LogP contribution is 2.34. The Morgan fingerprint density at radius 2 is 1.79 bits per heavy atom. The Kier molecular flexibility index (Phi) is 3.56. The van der Waals surface area contributed by atoms with Crippen LogP contribution in [0, 0.1) is 11.3 Å². The van der Waals surface area contributed by atoms with Gasteiger partial charge in [0.1, 0.15) is 19.3 Å². The summed E-state index contributed by atoms with van der Waals surface area (Å²) in [4.78, 5) is 2.26. The van der Waals surface area contributed by atoms with Gasteiger partial charge in [0.05, 0.1) is 6.07 Å². The first-order chi connectivity index (χ1) is 9.38. The Morgan fingerprint density at radius 1 is 1.05 bits per heavy atom. The van der Waals surface area contributed by atoms with Crippen LogP contribution in [-0.4, -0.2) is 31.2 Å². The number of piperidine rings is 1. The number of hydrogen-bond donors (Lipinski definition) is 0. The summed E-state index contributed by atoms with van der Waals surface area (Å²) in [7, 11) is 0. The molecule has 0 spiro atoms. The van der Waals surface area contributed by atoms with Gasteiger partial charge in [0, 0.05) is 0 Å². The topological polar surface area (TPSA) is 45.5 Å². The predicted molar refractivity (Wildman–Crippen MR) is 71.2 cm³/mol.